The van der Waals surface area contributed by atoms with Crippen LogP contribution in [0.15, 0.2) is 40.0 Å². The predicted molar refractivity (Wildman–Crippen MR) is 99.1 cm³/mol. The fourth-order valence-electron chi connectivity index (χ4n) is 3.77. The van der Waals surface area contributed by atoms with Crippen LogP contribution in [-0.2, 0) is 11.3 Å². The second-order valence-electron chi connectivity index (χ2n) is 7.37. The summed E-state index contributed by atoms with van der Waals surface area (Å²) in [5.74, 6) is 1.40. The van der Waals surface area contributed by atoms with Gasteiger partial charge in [-0.3, -0.25) is 9.59 Å². The Morgan fingerprint density at radius 1 is 1.37 bits per heavy atom. The van der Waals surface area contributed by atoms with Gasteiger partial charge in [0.15, 0.2) is 5.76 Å². The molecule has 8 heteroatoms. The molecule has 1 aliphatic rings. The van der Waals surface area contributed by atoms with E-state index in [9.17, 15) is 9.59 Å². The third-order valence-electron chi connectivity index (χ3n) is 5.61. The highest BCUT2D eigenvalue weighted by molar-refractivity contribution is 5.76. The second kappa shape index (κ2) is 7.02. The molecule has 3 aromatic heterocycles. The molecule has 3 heterocycles. The number of aromatic nitrogens is 4. The Morgan fingerprint density at radius 2 is 2.22 bits per heavy atom. The molecule has 0 aromatic carbocycles. The number of hydrogen-bond donors (Lipinski definition) is 1. The summed E-state index contributed by atoms with van der Waals surface area (Å²) in [5, 5.41) is 11.5. The van der Waals surface area contributed by atoms with E-state index in [1.54, 1.807) is 24.5 Å². The van der Waals surface area contributed by atoms with Crippen LogP contribution in [0.25, 0.3) is 17.0 Å². The van der Waals surface area contributed by atoms with Crippen LogP contribution in [0.4, 0.5) is 0 Å². The van der Waals surface area contributed by atoms with Crippen molar-refractivity contribution in [1.29, 1.82) is 0 Å². The standard InChI is InChI=1S/C19H23N5O3/c1-12-5-3-6-14(13(12)2)21-18(25)10-23-19(26)16-9-15(17-7-4-8-27-17)22-24(16)11-20-23/h4,7-9,11-14H,3,5-6,10H2,1-2H3,(H,21,25)/t12-,13-,14+/m1/s1. The fourth-order valence-corrected chi connectivity index (χ4v) is 3.77. The number of rotatable bonds is 4. The molecule has 3 aromatic rings. The minimum atomic E-state index is -0.358. The van der Waals surface area contributed by atoms with Crippen molar-refractivity contribution in [2.24, 2.45) is 11.8 Å². The lowest BCUT2D eigenvalue weighted by molar-refractivity contribution is -0.123. The summed E-state index contributed by atoms with van der Waals surface area (Å²) in [6.07, 6.45) is 6.28. The van der Waals surface area contributed by atoms with Crippen LogP contribution in [0.5, 0.6) is 0 Å². The molecule has 0 aliphatic heterocycles. The molecule has 4 rings (SSSR count). The van der Waals surface area contributed by atoms with Gasteiger partial charge in [0.1, 0.15) is 24.1 Å². The van der Waals surface area contributed by atoms with Crippen molar-refractivity contribution in [2.75, 3.05) is 0 Å². The predicted octanol–water partition coefficient (Wildman–Crippen LogP) is 2.09. The van der Waals surface area contributed by atoms with Gasteiger partial charge in [0.2, 0.25) is 5.91 Å². The minimum Gasteiger partial charge on any atom is -0.463 e. The van der Waals surface area contributed by atoms with Crippen LogP contribution >= 0.6 is 0 Å². The average molecular weight is 369 g/mol. The summed E-state index contributed by atoms with van der Waals surface area (Å²) in [7, 11) is 0. The van der Waals surface area contributed by atoms with Gasteiger partial charge in [-0.25, -0.2) is 9.20 Å². The second-order valence-corrected chi connectivity index (χ2v) is 7.37. The molecule has 0 spiro atoms. The average Bonchev–Trinajstić information content (AvgIpc) is 3.31. The van der Waals surface area contributed by atoms with Gasteiger partial charge >= 0.3 is 0 Å². The fraction of sp³-hybridized carbons (Fsp3) is 0.474. The third kappa shape index (κ3) is 3.39. The van der Waals surface area contributed by atoms with Gasteiger partial charge in [-0.2, -0.15) is 10.2 Å². The van der Waals surface area contributed by atoms with Crippen LogP contribution in [0.3, 0.4) is 0 Å². The summed E-state index contributed by atoms with van der Waals surface area (Å²) in [6, 6.07) is 5.32. The van der Waals surface area contributed by atoms with Crippen molar-refractivity contribution in [3.05, 3.63) is 41.1 Å². The van der Waals surface area contributed by atoms with Crippen molar-refractivity contribution in [3.8, 4) is 11.5 Å². The molecular weight excluding hydrogens is 346 g/mol. The first-order chi connectivity index (χ1) is 13.0. The monoisotopic (exact) mass is 369 g/mol. The van der Waals surface area contributed by atoms with Gasteiger partial charge in [0.25, 0.3) is 5.56 Å². The lowest BCUT2D eigenvalue weighted by Crippen LogP contribution is -2.45. The molecule has 27 heavy (non-hydrogen) atoms. The molecule has 0 bridgehead atoms. The summed E-state index contributed by atoms with van der Waals surface area (Å²) in [5.41, 5.74) is 0.540. The van der Waals surface area contributed by atoms with Gasteiger partial charge in [0, 0.05) is 12.1 Å². The molecule has 0 radical (unpaired) electrons. The number of nitrogens with one attached hydrogen (secondary N) is 1. The first-order valence-corrected chi connectivity index (χ1v) is 9.31. The van der Waals surface area contributed by atoms with Gasteiger partial charge in [0.05, 0.1) is 6.26 Å². The van der Waals surface area contributed by atoms with Crippen molar-refractivity contribution in [1.82, 2.24) is 24.7 Å². The molecule has 8 nitrogen and oxygen atoms in total. The lowest BCUT2D eigenvalue weighted by atomic mass is 9.78. The van der Waals surface area contributed by atoms with Crippen LogP contribution in [0.1, 0.15) is 33.1 Å². The van der Waals surface area contributed by atoms with E-state index in [1.165, 1.54) is 21.9 Å². The molecule has 1 amide bonds. The number of fused-ring (bicyclic) bond motifs is 1. The zero-order valence-electron chi connectivity index (χ0n) is 15.5. The normalized spacial score (nSPS) is 22.8. The number of nitrogens with zero attached hydrogens (tertiary/aromatic N) is 4. The third-order valence-corrected chi connectivity index (χ3v) is 5.61. The molecular formula is C19H23N5O3. The van der Waals surface area contributed by atoms with Crippen LogP contribution in [-0.4, -0.2) is 31.3 Å². The number of carbonyl (C=O) groups excluding carboxylic acids is 1. The topological polar surface area (TPSA) is 94.4 Å². The zero-order chi connectivity index (χ0) is 19.0. The van der Waals surface area contributed by atoms with E-state index in [4.69, 9.17) is 4.42 Å². The maximum Gasteiger partial charge on any atom is 0.293 e. The Balaban J connectivity index is 1.52. The summed E-state index contributed by atoms with van der Waals surface area (Å²) < 4.78 is 7.90. The highest BCUT2D eigenvalue weighted by Crippen LogP contribution is 2.29. The van der Waals surface area contributed by atoms with Gasteiger partial charge < -0.3 is 9.73 Å². The molecule has 142 valence electrons. The van der Waals surface area contributed by atoms with Crippen LogP contribution < -0.4 is 10.9 Å². The number of amides is 1. The van der Waals surface area contributed by atoms with Crippen LogP contribution in [0, 0.1) is 11.8 Å². The molecule has 1 saturated carbocycles. The number of furan rings is 1. The van der Waals surface area contributed by atoms with E-state index in [-0.39, 0.29) is 24.1 Å². The van der Waals surface area contributed by atoms with Crippen LogP contribution in [0.2, 0.25) is 0 Å². The Hall–Kier alpha value is -2.90. The summed E-state index contributed by atoms with van der Waals surface area (Å²) in [6.45, 7) is 4.29. The Morgan fingerprint density at radius 3 is 3.00 bits per heavy atom. The minimum absolute atomic E-state index is 0.103. The first-order valence-electron chi connectivity index (χ1n) is 9.31. The van der Waals surface area contributed by atoms with Crippen molar-refractivity contribution in [2.45, 2.75) is 45.7 Å². The quantitative estimate of drug-likeness (QED) is 0.760. The van der Waals surface area contributed by atoms with E-state index in [2.05, 4.69) is 29.4 Å². The van der Waals surface area contributed by atoms with E-state index in [0.717, 1.165) is 12.8 Å². The van der Waals surface area contributed by atoms with Crippen molar-refractivity contribution < 1.29 is 9.21 Å². The molecule has 1 fully saturated rings. The highest BCUT2D eigenvalue weighted by atomic mass is 16.3. The zero-order valence-corrected chi connectivity index (χ0v) is 15.5. The van der Waals surface area contributed by atoms with Gasteiger partial charge in [-0.15, -0.1) is 0 Å². The van der Waals surface area contributed by atoms with E-state index in [1.807, 2.05) is 0 Å². The maximum atomic E-state index is 12.7. The number of carbonyl (C=O) groups is 1. The van der Waals surface area contributed by atoms with Crippen molar-refractivity contribution in [3.63, 3.8) is 0 Å². The largest absolute Gasteiger partial charge is 0.463 e. The molecule has 0 unspecified atom stereocenters. The Labute approximate surface area is 156 Å². The highest BCUT2D eigenvalue weighted by Gasteiger charge is 2.28. The molecule has 0 saturated heterocycles. The van der Waals surface area contributed by atoms with Gasteiger partial charge in [-0.05, 0) is 30.4 Å². The smallest absolute Gasteiger partial charge is 0.293 e. The van der Waals surface area contributed by atoms with E-state index < -0.39 is 0 Å². The Kier molecular flexibility index (Phi) is 4.55. The lowest BCUT2D eigenvalue weighted by Gasteiger charge is -2.34. The van der Waals surface area contributed by atoms with Crippen molar-refractivity contribution >= 4 is 11.4 Å². The van der Waals surface area contributed by atoms with Gasteiger partial charge in [-0.1, -0.05) is 26.7 Å². The van der Waals surface area contributed by atoms with E-state index in [0.29, 0.717) is 28.8 Å². The molecule has 1 aliphatic carbocycles. The molecule has 3 atom stereocenters. The molecule has 1 N–H and O–H groups in total. The first kappa shape index (κ1) is 17.5. The summed E-state index contributed by atoms with van der Waals surface area (Å²) >= 11 is 0. The Bertz CT molecular complexity index is 1000. The summed E-state index contributed by atoms with van der Waals surface area (Å²) in [4.78, 5) is 25.1. The van der Waals surface area contributed by atoms with E-state index >= 15 is 0 Å². The number of hydrogen-bond acceptors (Lipinski definition) is 5. The SMILES string of the molecule is C[C@@H]1[C@H](C)CCC[C@@H]1NC(=O)Cn1ncn2nc(-c3ccco3)cc2c1=O. The maximum absolute atomic E-state index is 12.7.